The summed E-state index contributed by atoms with van der Waals surface area (Å²) >= 11 is 1.79. The quantitative estimate of drug-likeness (QED) is 0.800. The number of nitrogens with zero attached hydrogens (tertiary/aromatic N) is 4. The van der Waals surface area contributed by atoms with Crippen LogP contribution in [0.5, 0.6) is 0 Å². The molecular weight excluding hydrogens is 330 g/mol. The zero-order chi connectivity index (χ0) is 17.6. The van der Waals surface area contributed by atoms with Gasteiger partial charge in [0.05, 0.1) is 0 Å². The lowest BCUT2D eigenvalue weighted by molar-refractivity contribution is 0.208. The van der Waals surface area contributed by atoms with Crippen LogP contribution in [0.3, 0.4) is 0 Å². The average molecular weight is 358 g/mol. The molecule has 1 saturated heterocycles. The highest BCUT2D eigenvalue weighted by Gasteiger charge is 2.20. The lowest BCUT2D eigenvalue weighted by atomic mass is 10.0. The molecule has 6 heteroatoms. The van der Waals surface area contributed by atoms with Gasteiger partial charge in [0, 0.05) is 44.3 Å². The van der Waals surface area contributed by atoms with E-state index in [9.17, 15) is 0 Å². The number of likely N-dealkylation sites (tertiary alicyclic amines) is 1. The predicted octanol–water partition coefficient (Wildman–Crippen LogP) is 3.34. The van der Waals surface area contributed by atoms with Crippen molar-refractivity contribution in [3.05, 3.63) is 42.1 Å². The lowest BCUT2D eigenvalue weighted by Gasteiger charge is -2.33. The molecule has 1 unspecified atom stereocenters. The molecule has 5 nitrogen and oxygen atoms in total. The Kier molecular flexibility index (Phi) is 6.15. The van der Waals surface area contributed by atoms with Crippen LogP contribution in [0.15, 0.2) is 41.4 Å². The number of rotatable bonds is 6. The monoisotopic (exact) mass is 357 g/mol. The van der Waals surface area contributed by atoms with Crippen LogP contribution in [0.4, 0.5) is 11.8 Å². The second-order valence-corrected chi connectivity index (χ2v) is 7.58. The van der Waals surface area contributed by atoms with Crippen LogP contribution in [0.2, 0.25) is 0 Å². The summed E-state index contributed by atoms with van der Waals surface area (Å²) in [6.07, 6.45) is 6.33. The molecule has 0 spiro atoms. The Morgan fingerprint density at radius 3 is 2.76 bits per heavy atom. The summed E-state index contributed by atoms with van der Waals surface area (Å²) in [4.78, 5) is 14.6. The highest BCUT2D eigenvalue weighted by Crippen LogP contribution is 2.19. The smallest absolute Gasteiger partial charge is 0.226 e. The topological polar surface area (TPSA) is 44.3 Å². The van der Waals surface area contributed by atoms with Gasteiger partial charge in [-0.15, -0.1) is 11.8 Å². The summed E-state index contributed by atoms with van der Waals surface area (Å²) in [6, 6.07) is 11.3. The first kappa shape index (κ1) is 18.0. The molecule has 134 valence electrons. The van der Waals surface area contributed by atoms with Crippen LogP contribution >= 0.6 is 11.8 Å². The fraction of sp³-hybridized carbons (Fsp3) is 0.474. The zero-order valence-corrected chi connectivity index (χ0v) is 16.1. The van der Waals surface area contributed by atoms with Crippen molar-refractivity contribution in [2.24, 2.45) is 0 Å². The van der Waals surface area contributed by atoms with E-state index in [1.165, 1.54) is 23.3 Å². The number of hydrogen-bond donors (Lipinski definition) is 1. The number of benzene rings is 1. The fourth-order valence-corrected chi connectivity index (χ4v) is 3.57. The second-order valence-electron chi connectivity index (χ2n) is 6.70. The summed E-state index contributed by atoms with van der Waals surface area (Å²) in [5.74, 6) is 1.65. The van der Waals surface area contributed by atoms with Gasteiger partial charge in [0.25, 0.3) is 0 Å². The van der Waals surface area contributed by atoms with Crippen LogP contribution in [-0.2, 0) is 6.54 Å². The lowest BCUT2D eigenvalue weighted by Crippen LogP contribution is -2.41. The molecule has 1 aliphatic rings. The van der Waals surface area contributed by atoms with Gasteiger partial charge in [-0.3, -0.25) is 4.90 Å². The van der Waals surface area contributed by atoms with Crippen molar-refractivity contribution in [2.75, 3.05) is 43.7 Å². The molecule has 0 radical (unpaired) electrons. The Labute approximate surface area is 154 Å². The molecule has 1 aromatic heterocycles. The normalized spacial score (nSPS) is 18.1. The average Bonchev–Trinajstić information content (AvgIpc) is 2.63. The van der Waals surface area contributed by atoms with Crippen molar-refractivity contribution in [3.8, 4) is 0 Å². The number of anilines is 2. The largest absolute Gasteiger partial charge is 0.366 e. The number of nitrogens with one attached hydrogen (secondary N) is 1. The van der Waals surface area contributed by atoms with E-state index in [0.717, 1.165) is 31.4 Å². The molecule has 0 bridgehead atoms. The van der Waals surface area contributed by atoms with Gasteiger partial charge in [0.15, 0.2) is 0 Å². The molecule has 1 aromatic carbocycles. The van der Waals surface area contributed by atoms with Gasteiger partial charge in [0.2, 0.25) is 5.95 Å². The van der Waals surface area contributed by atoms with Crippen LogP contribution in [0.25, 0.3) is 0 Å². The maximum atomic E-state index is 4.58. The standard InChI is InChI=1S/C19H27N5S/c1-23(2)19-20-11-10-18(22-19)21-16-5-4-12-24(14-16)13-15-6-8-17(25-3)9-7-15/h6-11,16H,4-5,12-14H2,1-3H3,(H,20,21,22). The van der Waals surface area contributed by atoms with Gasteiger partial charge in [-0.25, -0.2) is 4.98 Å². The first-order chi connectivity index (χ1) is 12.1. The van der Waals surface area contributed by atoms with Crippen molar-refractivity contribution in [3.63, 3.8) is 0 Å². The number of thioether (sulfide) groups is 1. The molecule has 1 fully saturated rings. The molecular formula is C19H27N5S. The molecule has 2 heterocycles. The molecule has 3 rings (SSSR count). The van der Waals surface area contributed by atoms with Crippen molar-refractivity contribution in [1.29, 1.82) is 0 Å². The third kappa shape index (κ3) is 5.09. The van der Waals surface area contributed by atoms with E-state index in [-0.39, 0.29) is 0 Å². The number of hydrogen-bond acceptors (Lipinski definition) is 6. The van der Waals surface area contributed by atoms with E-state index in [1.54, 1.807) is 11.8 Å². The molecule has 1 N–H and O–H groups in total. The fourth-order valence-electron chi connectivity index (χ4n) is 3.16. The molecule has 25 heavy (non-hydrogen) atoms. The minimum Gasteiger partial charge on any atom is -0.366 e. The second kappa shape index (κ2) is 8.54. The first-order valence-electron chi connectivity index (χ1n) is 8.76. The number of aromatic nitrogens is 2. The molecule has 0 aliphatic carbocycles. The maximum absolute atomic E-state index is 4.58. The Morgan fingerprint density at radius 2 is 2.04 bits per heavy atom. The van der Waals surface area contributed by atoms with Crippen LogP contribution in [0, 0.1) is 0 Å². The summed E-state index contributed by atoms with van der Waals surface area (Å²) in [5, 5.41) is 3.59. The first-order valence-corrected chi connectivity index (χ1v) is 9.98. The third-order valence-electron chi connectivity index (χ3n) is 4.47. The molecule has 0 saturated carbocycles. The van der Waals surface area contributed by atoms with E-state index in [2.05, 4.69) is 50.7 Å². The summed E-state index contributed by atoms with van der Waals surface area (Å²) in [5.41, 5.74) is 1.38. The van der Waals surface area contributed by atoms with E-state index in [4.69, 9.17) is 0 Å². The van der Waals surface area contributed by atoms with Crippen LogP contribution < -0.4 is 10.2 Å². The van der Waals surface area contributed by atoms with Gasteiger partial charge < -0.3 is 10.2 Å². The SMILES string of the molecule is CSc1ccc(CN2CCCC(Nc3ccnc(N(C)C)n3)C2)cc1. The summed E-state index contributed by atoms with van der Waals surface area (Å²) in [6.45, 7) is 3.22. The summed E-state index contributed by atoms with van der Waals surface area (Å²) in [7, 11) is 3.92. The predicted molar refractivity (Wildman–Crippen MR) is 107 cm³/mol. The molecule has 1 atom stereocenters. The van der Waals surface area contributed by atoms with Crippen molar-refractivity contribution in [2.45, 2.75) is 30.3 Å². The summed E-state index contributed by atoms with van der Waals surface area (Å²) < 4.78 is 0. The van der Waals surface area contributed by atoms with E-state index >= 15 is 0 Å². The van der Waals surface area contributed by atoms with Crippen molar-refractivity contribution >= 4 is 23.5 Å². The Balaban J connectivity index is 1.58. The van der Waals surface area contributed by atoms with Gasteiger partial charge in [-0.05, 0) is 49.4 Å². The molecule has 2 aromatic rings. The minimum absolute atomic E-state index is 0.434. The van der Waals surface area contributed by atoms with E-state index < -0.39 is 0 Å². The van der Waals surface area contributed by atoms with Gasteiger partial charge >= 0.3 is 0 Å². The molecule has 0 amide bonds. The highest BCUT2D eigenvalue weighted by atomic mass is 32.2. The third-order valence-corrected chi connectivity index (χ3v) is 5.21. The Morgan fingerprint density at radius 1 is 1.24 bits per heavy atom. The van der Waals surface area contributed by atoms with E-state index in [0.29, 0.717) is 6.04 Å². The van der Waals surface area contributed by atoms with Gasteiger partial charge in [-0.2, -0.15) is 4.98 Å². The highest BCUT2D eigenvalue weighted by molar-refractivity contribution is 7.98. The number of piperidine rings is 1. The van der Waals surface area contributed by atoms with Crippen molar-refractivity contribution < 1.29 is 0 Å². The van der Waals surface area contributed by atoms with E-state index in [1.807, 2.05) is 31.3 Å². The Hall–Kier alpha value is -1.79. The Bertz CT molecular complexity index is 674. The zero-order valence-electron chi connectivity index (χ0n) is 15.3. The van der Waals surface area contributed by atoms with Crippen molar-refractivity contribution in [1.82, 2.24) is 14.9 Å². The maximum Gasteiger partial charge on any atom is 0.226 e. The van der Waals surface area contributed by atoms with Gasteiger partial charge in [-0.1, -0.05) is 12.1 Å². The molecule has 1 aliphatic heterocycles. The van der Waals surface area contributed by atoms with Crippen LogP contribution in [-0.4, -0.2) is 54.4 Å². The minimum atomic E-state index is 0.434. The van der Waals surface area contributed by atoms with Gasteiger partial charge in [0.1, 0.15) is 5.82 Å². The van der Waals surface area contributed by atoms with Crippen LogP contribution in [0.1, 0.15) is 18.4 Å².